The SMILES string of the molecule is Cn1nnc(Br)c1S(=O)(=O)NCC(C1CC1)C1CC1. The molecule has 0 atom stereocenters. The molecule has 0 aliphatic heterocycles. The summed E-state index contributed by atoms with van der Waals surface area (Å²) in [6.07, 6.45) is 5.00. The number of halogens is 1. The summed E-state index contributed by atoms with van der Waals surface area (Å²) >= 11 is 3.13. The summed E-state index contributed by atoms with van der Waals surface area (Å²) in [6.45, 7) is 0.537. The molecule has 1 heterocycles. The fourth-order valence-electron chi connectivity index (χ4n) is 2.65. The van der Waals surface area contributed by atoms with Crippen molar-refractivity contribution in [2.75, 3.05) is 6.54 Å². The van der Waals surface area contributed by atoms with E-state index in [-0.39, 0.29) is 9.63 Å². The van der Waals surface area contributed by atoms with Crippen molar-refractivity contribution >= 4 is 26.0 Å². The minimum absolute atomic E-state index is 0.0952. The van der Waals surface area contributed by atoms with Gasteiger partial charge in [-0.3, -0.25) is 0 Å². The van der Waals surface area contributed by atoms with E-state index >= 15 is 0 Å². The van der Waals surface area contributed by atoms with Gasteiger partial charge in [0.25, 0.3) is 10.0 Å². The summed E-state index contributed by atoms with van der Waals surface area (Å²) in [7, 11) is -1.97. The number of aryl methyl sites for hydroxylation is 1. The van der Waals surface area contributed by atoms with Crippen molar-refractivity contribution in [3.63, 3.8) is 0 Å². The number of hydrogen-bond donors (Lipinski definition) is 1. The van der Waals surface area contributed by atoms with Gasteiger partial charge in [0.15, 0.2) is 4.60 Å². The summed E-state index contributed by atoms with van der Waals surface area (Å²) in [5.41, 5.74) is 0. The molecule has 0 bridgehead atoms. The second-order valence-corrected chi connectivity index (χ2v) is 7.93. The van der Waals surface area contributed by atoms with Gasteiger partial charge in [-0.1, -0.05) is 5.21 Å². The fraction of sp³-hybridized carbons (Fsp3) is 0.818. The van der Waals surface area contributed by atoms with Gasteiger partial charge in [-0.25, -0.2) is 17.8 Å². The Morgan fingerprint density at radius 1 is 1.37 bits per heavy atom. The first kappa shape index (κ1) is 13.5. The summed E-state index contributed by atoms with van der Waals surface area (Å²) in [4.78, 5) is 0. The lowest BCUT2D eigenvalue weighted by molar-refractivity contribution is 0.401. The second kappa shape index (κ2) is 4.82. The predicted octanol–water partition coefficient (Wildman–Crippen LogP) is 1.29. The lowest BCUT2D eigenvalue weighted by Crippen LogP contribution is -2.32. The highest BCUT2D eigenvalue weighted by atomic mass is 79.9. The Kier molecular flexibility index (Phi) is 3.43. The Morgan fingerprint density at radius 2 is 1.95 bits per heavy atom. The first-order valence-electron chi connectivity index (χ1n) is 6.54. The maximum atomic E-state index is 12.3. The fourth-order valence-corrected chi connectivity index (χ4v) is 4.81. The molecular formula is C11H17BrN4O2S. The Hall–Kier alpha value is -0.470. The topological polar surface area (TPSA) is 76.9 Å². The van der Waals surface area contributed by atoms with E-state index in [2.05, 4.69) is 31.0 Å². The van der Waals surface area contributed by atoms with Crippen molar-refractivity contribution < 1.29 is 8.42 Å². The number of nitrogens with zero attached hydrogens (tertiary/aromatic N) is 3. The van der Waals surface area contributed by atoms with Crippen LogP contribution in [-0.4, -0.2) is 30.0 Å². The molecule has 106 valence electrons. The molecule has 1 N–H and O–H groups in total. The molecule has 6 nitrogen and oxygen atoms in total. The first-order chi connectivity index (χ1) is 8.99. The van der Waals surface area contributed by atoms with Crippen LogP contribution < -0.4 is 4.72 Å². The maximum absolute atomic E-state index is 12.3. The van der Waals surface area contributed by atoms with E-state index in [1.807, 2.05) is 0 Å². The predicted molar refractivity (Wildman–Crippen MR) is 72.8 cm³/mol. The maximum Gasteiger partial charge on any atom is 0.260 e. The molecule has 0 amide bonds. The van der Waals surface area contributed by atoms with Crippen molar-refractivity contribution in [2.45, 2.75) is 30.7 Å². The first-order valence-corrected chi connectivity index (χ1v) is 8.81. The van der Waals surface area contributed by atoms with Gasteiger partial charge in [0, 0.05) is 13.6 Å². The summed E-state index contributed by atoms with van der Waals surface area (Å²) in [6, 6.07) is 0. The van der Waals surface area contributed by atoms with Crippen LogP contribution in [0.2, 0.25) is 0 Å². The molecule has 0 spiro atoms. The minimum atomic E-state index is -3.54. The molecule has 0 saturated heterocycles. The van der Waals surface area contributed by atoms with Crippen LogP contribution >= 0.6 is 15.9 Å². The van der Waals surface area contributed by atoms with E-state index in [1.165, 1.54) is 30.4 Å². The Morgan fingerprint density at radius 3 is 2.37 bits per heavy atom. The van der Waals surface area contributed by atoms with Crippen molar-refractivity contribution in [1.82, 2.24) is 19.7 Å². The number of rotatable bonds is 6. The van der Waals surface area contributed by atoms with Crippen LogP contribution in [0.25, 0.3) is 0 Å². The minimum Gasteiger partial charge on any atom is -0.235 e. The Balaban J connectivity index is 1.71. The normalized spacial score (nSPS) is 20.2. The van der Waals surface area contributed by atoms with Crippen LogP contribution in [0.1, 0.15) is 25.7 Å². The molecule has 0 unspecified atom stereocenters. The van der Waals surface area contributed by atoms with E-state index in [4.69, 9.17) is 0 Å². The zero-order valence-corrected chi connectivity index (χ0v) is 13.1. The second-order valence-electron chi connectivity index (χ2n) is 5.50. The van der Waals surface area contributed by atoms with Crippen LogP contribution in [0.15, 0.2) is 9.63 Å². The van der Waals surface area contributed by atoms with Gasteiger partial charge in [0.2, 0.25) is 5.03 Å². The van der Waals surface area contributed by atoms with E-state index in [0.29, 0.717) is 12.5 Å². The third kappa shape index (κ3) is 2.85. The molecule has 1 aromatic rings. The van der Waals surface area contributed by atoms with E-state index in [1.54, 1.807) is 7.05 Å². The average molecular weight is 349 g/mol. The molecule has 0 radical (unpaired) electrons. The van der Waals surface area contributed by atoms with Gasteiger partial charge in [-0.05, 0) is 59.4 Å². The lowest BCUT2D eigenvalue weighted by Gasteiger charge is -2.16. The van der Waals surface area contributed by atoms with E-state index < -0.39 is 10.0 Å². The van der Waals surface area contributed by atoms with E-state index in [9.17, 15) is 8.42 Å². The molecule has 1 aromatic heterocycles. The van der Waals surface area contributed by atoms with Crippen molar-refractivity contribution in [3.05, 3.63) is 4.60 Å². The summed E-state index contributed by atoms with van der Waals surface area (Å²) in [5, 5.41) is 7.52. The molecule has 2 fully saturated rings. The monoisotopic (exact) mass is 348 g/mol. The number of sulfonamides is 1. The molecule has 3 rings (SSSR count). The lowest BCUT2D eigenvalue weighted by atomic mass is 9.99. The third-order valence-electron chi connectivity index (χ3n) is 3.96. The van der Waals surface area contributed by atoms with Crippen molar-refractivity contribution in [3.8, 4) is 0 Å². The quantitative estimate of drug-likeness (QED) is 0.840. The summed E-state index contributed by atoms with van der Waals surface area (Å²) in [5.74, 6) is 1.96. The Labute approximate surface area is 121 Å². The smallest absolute Gasteiger partial charge is 0.235 e. The highest BCUT2D eigenvalue weighted by molar-refractivity contribution is 9.10. The van der Waals surface area contributed by atoms with Crippen molar-refractivity contribution in [1.29, 1.82) is 0 Å². The van der Waals surface area contributed by atoms with Crippen LogP contribution in [0, 0.1) is 17.8 Å². The zero-order valence-electron chi connectivity index (χ0n) is 10.7. The molecule has 2 saturated carbocycles. The van der Waals surface area contributed by atoms with E-state index in [0.717, 1.165) is 11.8 Å². The number of hydrogen-bond acceptors (Lipinski definition) is 4. The van der Waals surface area contributed by atoms with Gasteiger partial charge in [0.05, 0.1) is 0 Å². The van der Waals surface area contributed by atoms with Crippen molar-refractivity contribution in [2.24, 2.45) is 24.8 Å². The third-order valence-corrected chi connectivity index (χ3v) is 6.27. The molecule has 2 aliphatic rings. The number of nitrogens with one attached hydrogen (secondary N) is 1. The average Bonchev–Trinajstić information content (AvgIpc) is 3.20. The molecule has 8 heteroatoms. The highest BCUT2D eigenvalue weighted by Gasteiger charge is 2.41. The standard InChI is InChI=1S/C11H17BrN4O2S/c1-16-11(10(12)14-15-16)19(17,18)13-6-9(7-2-3-7)8-4-5-8/h7-9,13H,2-6H2,1H3. The molecule has 0 aromatic carbocycles. The van der Waals surface area contributed by atoms with Gasteiger partial charge < -0.3 is 0 Å². The van der Waals surface area contributed by atoms with Gasteiger partial charge in [-0.2, -0.15) is 0 Å². The molecule has 2 aliphatic carbocycles. The van der Waals surface area contributed by atoms with Crippen LogP contribution in [-0.2, 0) is 17.1 Å². The van der Waals surface area contributed by atoms with Gasteiger partial charge >= 0.3 is 0 Å². The summed E-state index contributed by atoms with van der Waals surface area (Å²) < 4.78 is 28.8. The highest BCUT2D eigenvalue weighted by Crippen LogP contribution is 2.48. The Bertz CT molecular complexity index is 546. The van der Waals surface area contributed by atoms with Crippen LogP contribution in [0.5, 0.6) is 0 Å². The molecule has 19 heavy (non-hydrogen) atoms. The largest absolute Gasteiger partial charge is 0.260 e. The van der Waals surface area contributed by atoms with Crippen LogP contribution in [0.4, 0.5) is 0 Å². The number of aromatic nitrogens is 3. The van der Waals surface area contributed by atoms with Gasteiger partial charge in [-0.15, -0.1) is 5.10 Å². The van der Waals surface area contributed by atoms with Gasteiger partial charge in [0.1, 0.15) is 0 Å². The zero-order chi connectivity index (χ0) is 13.6. The van der Waals surface area contributed by atoms with Crippen LogP contribution in [0.3, 0.4) is 0 Å². The molecular weight excluding hydrogens is 332 g/mol.